The minimum atomic E-state index is -0.318. The monoisotopic (exact) mass is 353 g/mol. The van der Waals surface area contributed by atoms with E-state index < -0.39 is 0 Å². The second-order valence-corrected chi connectivity index (χ2v) is 6.14. The van der Waals surface area contributed by atoms with Gasteiger partial charge in [0.2, 0.25) is 0 Å². The van der Waals surface area contributed by atoms with Crippen molar-refractivity contribution in [2.75, 3.05) is 6.54 Å². The molecule has 0 saturated carbocycles. The zero-order valence-electron chi connectivity index (χ0n) is 14.9. The van der Waals surface area contributed by atoms with Crippen LogP contribution < -0.4 is 5.56 Å². The van der Waals surface area contributed by atoms with Gasteiger partial charge in [-0.05, 0) is 37.6 Å². The Balaban J connectivity index is 2.07. The smallest absolute Gasteiger partial charge is 0.275 e. The first-order valence-corrected chi connectivity index (χ1v) is 8.46. The Bertz CT molecular complexity index is 1010. The summed E-state index contributed by atoms with van der Waals surface area (Å²) in [5.74, 6) is -0.586. The van der Waals surface area contributed by atoms with Crippen LogP contribution in [0.2, 0.25) is 0 Å². The molecule has 2 aromatic carbocycles. The zero-order valence-corrected chi connectivity index (χ0v) is 14.9. The third kappa shape index (κ3) is 3.10. The standard InChI is InChI=1S/C20H20FN3O2/c1-4-24(13(2)14-9-11-15(21)12-10-14)20(26)18-16-7-5-6-8-17(16)19(25)23(3)22-18/h5-13H,4H2,1-3H3. The topological polar surface area (TPSA) is 55.2 Å². The van der Waals surface area contributed by atoms with Gasteiger partial charge in [-0.3, -0.25) is 9.59 Å². The molecule has 0 aliphatic rings. The Morgan fingerprint density at radius 2 is 1.77 bits per heavy atom. The lowest BCUT2D eigenvalue weighted by atomic mass is 10.1. The van der Waals surface area contributed by atoms with Crippen LogP contribution in [0.1, 0.15) is 35.9 Å². The van der Waals surface area contributed by atoms with Crippen LogP contribution in [0.4, 0.5) is 4.39 Å². The van der Waals surface area contributed by atoms with Crippen LogP contribution in [-0.2, 0) is 7.05 Å². The van der Waals surface area contributed by atoms with Crippen molar-refractivity contribution in [3.63, 3.8) is 0 Å². The van der Waals surface area contributed by atoms with Crippen LogP contribution in [-0.4, -0.2) is 27.1 Å². The fourth-order valence-corrected chi connectivity index (χ4v) is 3.11. The third-order valence-electron chi connectivity index (χ3n) is 4.58. The van der Waals surface area contributed by atoms with Crippen LogP contribution >= 0.6 is 0 Å². The summed E-state index contributed by atoms with van der Waals surface area (Å²) in [6.45, 7) is 4.22. The van der Waals surface area contributed by atoms with E-state index in [2.05, 4.69) is 5.10 Å². The molecular weight excluding hydrogens is 333 g/mol. The molecule has 1 aromatic heterocycles. The Hall–Kier alpha value is -3.02. The molecule has 0 N–H and O–H groups in total. The minimum Gasteiger partial charge on any atom is -0.331 e. The van der Waals surface area contributed by atoms with E-state index in [1.807, 2.05) is 13.8 Å². The van der Waals surface area contributed by atoms with Gasteiger partial charge in [-0.15, -0.1) is 0 Å². The van der Waals surface area contributed by atoms with Gasteiger partial charge in [-0.25, -0.2) is 9.07 Å². The second kappa shape index (κ2) is 7.07. The van der Waals surface area contributed by atoms with Crippen molar-refractivity contribution in [3.8, 4) is 0 Å². The van der Waals surface area contributed by atoms with Gasteiger partial charge in [0.1, 0.15) is 5.82 Å². The SMILES string of the molecule is CCN(C(=O)c1nn(C)c(=O)c2ccccc12)C(C)c1ccc(F)cc1. The fourth-order valence-electron chi connectivity index (χ4n) is 3.11. The molecule has 3 rings (SSSR count). The van der Waals surface area contributed by atoms with Crippen LogP contribution in [0.15, 0.2) is 53.3 Å². The minimum absolute atomic E-state index is 0.235. The number of benzene rings is 2. The van der Waals surface area contributed by atoms with Crippen LogP contribution in [0, 0.1) is 5.82 Å². The maximum absolute atomic E-state index is 13.2. The molecule has 3 aromatic rings. The van der Waals surface area contributed by atoms with Crippen LogP contribution in [0.25, 0.3) is 10.8 Å². The summed E-state index contributed by atoms with van der Waals surface area (Å²) in [6, 6.07) is 12.8. The summed E-state index contributed by atoms with van der Waals surface area (Å²) in [7, 11) is 1.53. The highest BCUT2D eigenvalue weighted by atomic mass is 19.1. The highest BCUT2D eigenvalue weighted by molar-refractivity contribution is 6.04. The average molecular weight is 353 g/mol. The molecular formula is C20H20FN3O2. The number of aryl methyl sites for hydroxylation is 1. The summed E-state index contributed by atoms with van der Waals surface area (Å²) in [5.41, 5.74) is 0.820. The highest BCUT2D eigenvalue weighted by Crippen LogP contribution is 2.24. The van der Waals surface area contributed by atoms with Crippen molar-refractivity contribution in [1.29, 1.82) is 0 Å². The summed E-state index contributed by atoms with van der Waals surface area (Å²) in [5, 5.41) is 5.20. The van der Waals surface area contributed by atoms with Crippen molar-refractivity contribution >= 4 is 16.7 Å². The predicted molar refractivity (Wildman–Crippen MR) is 98.5 cm³/mol. The first-order valence-electron chi connectivity index (χ1n) is 8.46. The Morgan fingerprint density at radius 1 is 1.15 bits per heavy atom. The van der Waals surface area contributed by atoms with E-state index in [0.29, 0.717) is 17.3 Å². The number of fused-ring (bicyclic) bond motifs is 1. The van der Waals surface area contributed by atoms with Crippen LogP contribution in [0.5, 0.6) is 0 Å². The Labute approximate surface area is 150 Å². The lowest BCUT2D eigenvalue weighted by Gasteiger charge is -2.28. The summed E-state index contributed by atoms with van der Waals surface area (Å²) in [6.07, 6.45) is 0. The summed E-state index contributed by atoms with van der Waals surface area (Å²) < 4.78 is 14.4. The number of carbonyl (C=O) groups excluding carboxylic acids is 1. The maximum atomic E-state index is 13.2. The zero-order chi connectivity index (χ0) is 18.8. The molecule has 1 unspecified atom stereocenters. The number of halogens is 1. The van der Waals surface area contributed by atoms with Gasteiger partial charge >= 0.3 is 0 Å². The molecule has 0 aliphatic heterocycles. The van der Waals surface area contributed by atoms with E-state index in [-0.39, 0.29) is 29.0 Å². The Kier molecular flexibility index (Phi) is 4.84. The predicted octanol–water partition coefficient (Wildman–Crippen LogP) is 3.30. The summed E-state index contributed by atoms with van der Waals surface area (Å²) in [4.78, 5) is 27.1. The quantitative estimate of drug-likeness (QED) is 0.723. The van der Waals surface area contributed by atoms with E-state index >= 15 is 0 Å². The molecule has 0 spiro atoms. The van der Waals surface area contributed by atoms with Crippen molar-refractivity contribution in [1.82, 2.24) is 14.7 Å². The van der Waals surface area contributed by atoms with E-state index in [0.717, 1.165) is 5.56 Å². The van der Waals surface area contributed by atoms with Crippen molar-refractivity contribution in [2.24, 2.45) is 7.05 Å². The molecule has 0 aliphatic carbocycles. The number of carbonyl (C=O) groups is 1. The molecule has 0 bridgehead atoms. The molecule has 5 nitrogen and oxygen atoms in total. The Morgan fingerprint density at radius 3 is 2.38 bits per heavy atom. The van der Waals surface area contributed by atoms with E-state index in [9.17, 15) is 14.0 Å². The molecule has 0 radical (unpaired) electrons. The first kappa shape index (κ1) is 17.8. The third-order valence-corrected chi connectivity index (χ3v) is 4.58. The first-order chi connectivity index (χ1) is 12.4. The number of hydrogen-bond acceptors (Lipinski definition) is 3. The van der Waals surface area contributed by atoms with E-state index in [4.69, 9.17) is 0 Å². The second-order valence-electron chi connectivity index (χ2n) is 6.14. The highest BCUT2D eigenvalue weighted by Gasteiger charge is 2.25. The average Bonchev–Trinajstić information content (AvgIpc) is 2.65. The number of rotatable bonds is 4. The molecule has 0 fully saturated rings. The van der Waals surface area contributed by atoms with Gasteiger partial charge in [0.25, 0.3) is 11.5 Å². The van der Waals surface area contributed by atoms with Gasteiger partial charge < -0.3 is 4.90 Å². The van der Waals surface area contributed by atoms with Gasteiger partial charge in [0.15, 0.2) is 5.69 Å². The molecule has 134 valence electrons. The maximum Gasteiger partial charge on any atom is 0.275 e. The van der Waals surface area contributed by atoms with Gasteiger partial charge in [0.05, 0.1) is 11.4 Å². The van der Waals surface area contributed by atoms with Gasteiger partial charge in [-0.2, -0.15) is 5.10 Å². The number of aromatic nitrogens is 2. The van der Waals surface area contributed by atoms with Crippen molar-refractivity contribution < 1.29 is 9.18 Å². The van der Waals surface area contributed by atoms with Crippen molar-refractivity contribution in [3.05, 3.63) is 76.0 Å². The van der Waals surface area contributed by atoms with Crippen molar-refractivity contribution in [2.45, 2.75) is 19.9 Å². The summed E-state index contributed by atoms with van der Waals surface area (Å²) >= 11 is 0. The molecule has 6 heteroatoms. The van der Waals surface area contributed by atoms with Crippen LogP contribution in [0.3, 0.4) is 0 Å². The lowest BCUT2D eigenvalue weighted by molar-refractivity contribution is 0.0696. The van der Waals surface area contributed by atoms with Gasteiger partial charge in [-0.1, -0.05) is 30.3 Å². The molecule has 1 atom stereocenters. The molecule has 26 heavy (non-hydrogen) atoms. The lowest BCUT2D eigenvalue weighted by Crippen LogP contribution is -2.35. The number of nitrogens with zero attached hydrogens (tertiary/aromatic N) is 3. The largest absolute Gasteiger partial charge is 0.331 e. The van der Waals surface area contributed by atoms with E-state index in [1.165, 1.54) is 23.9 Å². The molecule has 1 heterocycles. The normalized spacial score (nSPS) is 12.2. The molecule has 0 saturated heterocycles. The fraction of sp³-hybridized carbons (Fsp3) is 0.250. The number of amides is 1. The van der Waals surface area contributed by atoms with E-state index in [1.54, 1.807) is 41.3 Å². The number of hydrogen-bond donors (Lipinski definition) is 0. The van der Waals surface area contributed by atoms with Gasteiger partial charge in [0, 0.05) is 19.0 Å². The molecule has 1 amide bonds.